The van der Waals surface area contributed by atoms with Crippen LogP contribution in [0, 0.1) is 0 Å². The number of imidazole rings is 1. The molecule has 0 aliphatic rings. The van der Waals surface area contributed by atoms with Gasteiger partial charge in [-0.15, -0.1) is 0 Å². The zero-order chi connectivity index (χ0) is 18.4. The molecule has 0 N–H and O–H groups in total. The van der Waals surface area contributed by atoms with Crippen molar-refractivity contribution in [3.8, 4) is 11.5 Å². The van der Waals surface area contributed by atoms with E-state index in [-0.39, 0.29) is 6.03 Å². The van der Waals surface area contributed by atoms with E-state index in [0.717, 1.165) is 22.6 Å². The van der Waals surface area contributed by atoms with Crippen LogP contribution in [-0.4, -0.2) is 34.7 Å². The number of rotatable bonds is 6. The Morgan fingerprint density at radius 1 is 1.00 bits per heavy atom. The minimum Gasteiger partial charge on any atom is -0.497 e. The summed E-state index contributed by atoms with van der Waals surface area (Å²) >= 11 is 0. The molecule has 1 aromatic heterocycles. The zero-order valence-corrected chi connectivity index (χ0v) is 14.8. The zero-order valence-electron chi connectivity index (χ0n) is 14.8. The van der Waals surface area contributed by atoms with Crippen LogP contribution in [0.3, 0.4) is 0 Å². The van der Waals surface area contributed by atoms with Crippen LogP contribution in [-0.2, 0) is 13.1 Å². The van der Waals surface area contributed by atoms with Gasteiger partial charge in [-0.1, -0.05) is 24.3 Å². The van der Waals surface area contributed by atoms with Gasteiger partial charge in [0.05, 0.1) is 14.2 Å². The van der Waals surface area contributed by atoms with E-state index in [1.807, 2.05) is 48.5 Å². The molecule has 1 amide bonds. The van der Waals surface area contributed by atoms with Crippen molar-refractivity contribution in [3.63, 3.8) is 0 Å². The molecule has 6 heteroatoms. The molecule has 3 aromatic rings. The lowest BCUT2D eigenvalue weighted by Gasteiger charge is -2.23. The van der Waals surface area contributed by atoms with E-state index in [4.69, 9.17) is 9.47 Å². The van der Waals surface area contributed by atoms with E-state index < -0.39 is 0 Å². The molecule has 134 valence electrons. The monoisotopic (exact) mass is 351 g/mol. The molecule has 0 spiro atoms. The first-order valence-corrected chi connectivity index (χ1v) is 8.22. The lowest BCUT2D eigenvalue weighted by atomic mass is 10.1. The van der Waals surface area contributed by atoms with E-state index in [2.05, 4.69) is 4.98 Å². The summed E-state index contributed by atoms with van der Waals surface area (Å²) in [6.45, 7) is 0.900. The molecule has 0 saturated heterocycles. The lowest BCUT2D eigenvalue weighted by Crippen LogP contribution is -2.33. The van der Waals surface area contributed by atoms with E-state index in [9.17, 15) is 4.79 Å². The molecule has 0 saturated carbocycles. The maximum atomic E-state index is 12.9. The first-order chi connectivity index (χ1) is 12.7. The molecule has 3 rings (SSSR count). The van der Waals surface area contributed by atoms with Gasteiger partial charge in [0, 0.05) is 25.5 Å². The van der Waals surface area contributed by atoms with Crippen molar-refractivity contribution in [2.75, 3.05) is 14.2 Å². The summed E-state index contributed by atoms with van der Waals surface area (Å²) in [5.74, 6) is 1.53. The predicted octanol–water partition coefficient (Wildman–Crippen LogP) is 3.57. The van der Waals surface area contributed by atoms with Gasteiger partial charge in [-0.25, -0.2) is 9.78 Å². The van der Waals surface area contributed by atoms with Crippen LogP contribution in [0.2, 0.25) is 0 Å². The number of aromatic nitrogens is 2. The van der Waals surface area contributed by atoms with E-state index >= 15 is 0 Å². The summed E-state index contributed by atoms with van der Waals surface area (Å²) in [4.78, 5) is 18.6. The van der Waals surface area contributed by atoms with Gasteiger partial charge in [0.25, 0.3) is 0 Å². The number of nitrogens with zero attached hydrogens (tertiary/aromatic N) is 3. The standard InChI is InChI=1S/C20H21N3O3/c1-25-18-7-3-5-16(11-18)13-23(20(24)22-10-9-21-15-22)14-17-6-4-8-19(12-17)26-2/h3-12,15H,13-14H2,1-2H3. The maximum Gasteiger partial charge on any atom is 0.330 e. The summed E-state index contributed by atoms with van der Waals surface area (Å²) in [6.07, 6.45) is 4.74. The molecule has 0 unspecified atom stereocenters. The van der Waals surface area contributed by atoms with Crippen LogP contribution in [0.5, 0.6) is 11.5 Å². The summed E-state index contributed by atoms with van der Waals surface area (Å²) in [5.41, 5.74) is 1.97. The van der Waals surface area contributed by atoms with Crippen molar-refractivity contribution in [1.29, 1.82) is 0 Å². The van der Waals surface area contributed by atoms with Crippen LogP contribution < -0.4 is 9.47 Å². The quantitative estimate of drug-likeness (QED) is 0.681. The Hall–Kier alpha value is -3.28. The fourth-order valence-corrected chi connectivity index (χ4v) is 2.71. The van der Waals surface area contributed by atoms with Crippen molar-refractivity contribution in [2.45, 2.75) is 13.1 Å². The Morgan fingerprint density at radius 2 is 1.58 bits per heavy atom. The molecule has 6 nitrogen and oxygen atoms in total. The Balaban J connectivity index is 1.86. The second kappa shape index (κ2) is 8.20. The largest absolute Gasteiger partial charge is 0.497 e. The van der Waals surface area contributed by atoms with Crippen LogP contribution in [0.1, 0.15) is 11.1 Å². The number of methoxy groups -OCH3 is 2. The fourth-order valence-electron chi connectivity index (χ4n) is 2.71. The molecule has 26 heavy (non-hydrogen) atoms. The average Bonchev–Trinajstić information content (AvgIpc) is 3.22. The first kappa shape index (κ1) is 17.5. The smallest absolute Gasteiger partial charge is 0.330 e. The Labute approximate surface area is 152 Å². The third kappa shape index (κ3) is 4.22. The van der Waals surface area contributed by atoms with Gasteiger partial charge < -0.3 is 14.4 Å². The molecule has 2 aromatic carbocycles. The van der Waals surface area contributed by atoms with E-state index in [1.165, 1.54) is 10.9 Å². The van der Waals surface area contributed by atoms with Crippen LogP contribution >= 0.6 is 0 Å². The van der Waals surface area contributed by atoms with Gasteiger partial charge in [0.15, 0.2) is 0 Å². The minimum atomic E-state index is -0.145. The summed E-state index contributed by atoms with van der Waals surface area (Å²) in [7, 11) is 3.26. The number of amides is 1. The molecule has 0 fully saturated rings. The highest BCUT2D eigenvalue weighted by molar-refractivity contribution is 5.76. The number of ether oxygens (including phenoxy) is 2. The average molecular weight is 351 g/mol. The SMILES string of the molecule is COc1cccc(CN(Cc2cccc(OC)c2)C(=O)n2ccnc2)c1. The number of carbonyl (C=O) groups is 1. The molecule has 0 bridgehead atoms. The van der Waals surface area contributed by atoms with Gasteiger partial charge >= 0.3 is 6.03 Å². The van der Waals surface area contributed by atoms with Crippen molar-refractivity contribution >= 4 is 6.03 Å². The highest BCUT2D eigenvalue weighted by atomic mass is 16.5. The van der Waals surface area contributed by atoms with Crippen molar-refractivity contribution in [1.82, 2.24) is 14.5 Å². The second-order valence-corrected chi connectivity index (χ2v) is 5.81. The highest BCUT2D eigenvalue weighted by Gasteiger charge is 2.17. The third-order valence-corrected chi connectivity index (χ3v) is 4.01. The van der Waals surface area contributed by atoms with Crippen LogP contribution in [0.25, 0.3) is 0 Å². The van der Waals surface area contributed by atoms with Crippen molar-refractivity contribution in [2.24, 2.45) is 0 Å². The highest BCUT2D eigenvalue weighted by Crippen LogP contribution is 2.19. The number of hydrogen-bond donors (Lipinski definition) is 0. The van der Waals surface area contributed by atoms with Gasteiger partial charge in [0.2, 0.25) is 0 Å². The Bertz CT molecular complexity index is 813. The molecular weight excluding hydrogens is 330 g/mol. The summed E-state index contributed by atoms with van der Waals surface area (Å²) < 4.78 is 12.0. The van der Waals surface area contributed by atoms with Crippen LogP contribution in [0.15, 0.2) is 67.3 Å². The van der Waals surface area contributed by atoms with Crippen molar-refractivity contribution in [3.05, 3.63) is 78.4 Å². The number of carbonyl (C=O) groups excluding carboxylic acids is 1. The number of benzene rings is 2. The third-order valence-electron chi connectivity index (χ3n) is 4.01. The number of hydrogen-bond acceptors (Lipinski definition) is 4. The Morgan fingerprint density at radius 3 is 2.04 bits per heavy atom. The molecular formula is C20H21N3O3. The molecule has 0 aliphatic heterocycles. The molecule has 0 radical (unpaired) electrons. The molecule has 0 atom stereocenters. The van der Waals surface area contributed by atoms with E-state index in [1.54, 1.807) is 31.5 Å². The van der Waals surface area contributed by atoms with Gasteiger partial charge in [-0.2, -0.15) is 0 Å². The molecule has 1 heterocycles. The minimum absolute atomic E-state index is 0.145. The summed E-state index contributed by atoms with van der Waals surface area (Å²) in [6, 6.07) is 15.3. The first-order valence-electron chi connectivity index (χ1n) is 8.22. The lowest BCUT2D eigenvalue weighted by molar-refractivity contribution is 0.194. The van der Waals surface area contributed by atoms with Crippen LogP contribution in [0.4, 0.5) is 4.79 Å². The fraction of sp³-hybridized carbons (Fsp3) is 0.200. The Kier molecular flexibility index (Phi) is 5.53. The topological polar surface area (TPSA) is 56.6 Å². The van der Waals surface area contributed by atoms with Gasteiger partial charge in [0.1, 0.15) is 17.8 Å². The maximum absolute atomic E-state index is 12.9. The van der Waals surface area contributed by atoms with Gasteiger partial charge in [-0.05, 0) is 35.4 Å². The van der Waals surface area contributed by atoms with Gasteiger partial charge in [-0.3, -0.25) is 4.57 Å². The normalized spacial score (nSPS) is 10.4. The predicted molar refractivity (Wildman–Crippen MR) is 98.3 cm³/mol. The van der Waals surface area contributed by atoms with Crippen molar-refractivity contribution < 1.29 is 14.3 Å². The summed E-state index contributed by atoms with van der Waals surface area (Å²) in [5, 5.41) is 0. The molecule has 0 aliphatic carbocycles. The van der Waals surface area contributed by atoms with E-state index in [0.29, 0.717) is 13.1 Å². The second-order valence-electron chi connectivity index (χ2n) is 5.81.